The van der Waals surface area contributed by atoms with Crippen LogP contribution in [-0.2, 0) is 6.42 Å². The first-order valence-corrected chi connectivity index (χ1v) is 7.41. The van der Waals surface area contributed by atoms with Crippen LogP contribution in [0.15, 0.2) is 55.0 Å². The van der Waals surface area contributed by atoms with Crippen LogP contribution in [0, 0.1) is 0 Å². The van der Waals surface area contributed by atoms with E-state index in [1.807, 2.05) is 36.4 Å². The highest BCUT2D eigenvalue weighted by molar-refractivity contribution is 5.61. The van der Waals surface area contributed by atoms with E-state index in [1.54, 1.807) is 18.6 Å². The molecule has 3 aromatic rings. The summed E-state index contributed by atoms with van der Waals surface area (Å²) in [5, 5.41) is 0. The van der Waals surface area contributed by atoms with Crippen molar-refractivity contribution in [2.24, 2.45) is 11.5 Å². The maximum absolute atomic E-state index is 5.97. The molecule has 0 bridgehead atoms. The zero-order chi connectivity index (χ0) is 16.1. The molecule has 0 aromatic carbocycles. The Hall–Kier alpha value is -2.70. The number of nitrogens with two attached hydrogens (primary N) is 2. The van der Waals surface area contributed by atoms with Gasteiger partial charge in [0.2, 0.25) is 0 Å². The van der Waals surface area contributed by atoms with Crippen LogP contribution in [-0.4, -0.2) is 32.5 Å². The Kier molecular flexibility index (Phi) is 4.65. The first-order chi connectivity index (χ1) is 11.3. The lowest BCUT2D eigenvalue weighted by molar-refractivity contribution is 0.667. The Bertz CT molecular complexity index is 703. The average molecular weight is 306 g/mol. The van der Waals surface area contributed by atoms with E-state index in [9.17, 15) is 0 Å². The fourth-order valence-electron chi connectivity index (χ4n) is 2.23. The molecule has 0 saturated carbocycles. The van der Waals surface area contributed by atoms with Crippen LogP contribution in [0.3, 0.4) is 0 Å². The SMILES string of the molecule is NCC(N)Cc1cc(-c2cccnc2)nc(-c2ccccn2)n1. The van der Waals surface area contributed by atoms with Gasteiger partial charge in [0.1, 0.15) is 5.69 Å². The highest BCUT2D eigenvalue weighted by atomic mass is 14.9. The van der Waals surface area contributed by atoms with Crippen molar-refractivity contribution in [3.05, 3.63) is 60.7 Å². The molecule has 0 aliphatic heterocycles. The Morgan fingerprint density at radius 1 is 1.00 bits per heavy atom. The minimum absolute atomic E-state index is 0.136. The molecule has 0 spiro atoms. The van der Waals surface area contributed by atoms with E-state index < -0.39 is 0 Å². The van der Waals surface area contributed by atoms with E-state index in [-0.39, 0.29) is 6.04 Å². The first kappa shape index (κ1) is 15.2. The zero-order valence-corrected chi connectivity index (χ0v) is 12.6. The summed E-state index contributed by atoms with van der Waals surface area (Å²) in [5.41, 5.74) is 14.9. The highest BCUT2D eigenvalue weighted by Gasteiger charge is 2.11. The Balaban J connectivity index is 2.07. The second-order valence-corrected chi connectivity index (χ2v) is 5.22. The molecule has 6 nitrogen and oxygen atoms in total. The summed E-state index contributed by atoms with van der Waals surface area (Å²) in [5.74, 6) is 0.575. The minimum atomic E-state index is -0.136. The largest absolute Gasteiger partial charge is 0.329 e. The molecule has 116 valence electrons. The lowest BCUT2D eigenvalue weighted by atomic mass is 10.1. The topological polar surface area (TPSA) is 104 Å². The fourth-order valence-corrected chi connectivity index (χ4v) is 2.23. The van der Waals surface area contributed by atoms with Crippen molar-refractivity contribution in [2.75, 3.05) is 6.54 Å². The molecule has 1 atom stereocenters. The molecule has 4 N–H and O–H groups in total. The molecule has 0 aliphatic carbocycles. The molecule has 0 amide bonds. The maximum atomic E-state index is 5.97. The molecule has 1 unspecified atom stereocenters. The van der Waals surface area contributed by atoms with Crippen molar-refractivity contribution in [1.29, 1.82) is 0 Å². The van der Waals surface area contributed by atoms with Gasteiger partial charge in [-0.25, -0.2) is 9.97 Å². The number of rotatable bonds is 5. The number of aromatic nitrogens is 4. The standard InChI is InChI=1S/C17H18N6/c18-10-13(19)8-14-9-16(12-4-3-6-20-11-12)23-17(22-14)15-5-1-2-7-21-15/h1-7,9,11,13H,8,10,18-19H2. The van der Waals surface area contributed by atoms with E-state index >= 15 is 0 Å². The molecule has 0 saturated heterocycles. The molecule has 0 fully saturated rings. The molecule has 0 radical (unpaired) electrons. The Morgan fingerprint density at radius 3 is 2.61 bits per heavy atom. The number of hydrogen-bond donors (Lipinski definition) is 2. The van der Waals surface area contributed by atoms with Gasteiger partial charge in [-0.1, -0.05) is 6.07 Å². The molecule has 3 aromatic heterocycles. The summed E-state index contributed by atoms with van der Waals surface area (Å²) in [6, 6.07) is 11.3. The van der Waals surface area contributed by atoms with Gasteiger partial charge in [0.05, 0.1) is 5.69 Å². The van der Waals surface area contributed by atoms with Crippen LogP contribution >= 0.6 is 0 Å². The van der Waals surface area contributed by atoms with Gasteiger partial charge in [-0.05, 0) is 30.3 Å². The van der Waals surface area contributed by atoms with Gasteiger partial charge < -0.3 is 11.5 Å². The quantitative estimate of drug-likeness (QED) is 0.739. The smallest absolute Gasteiger partial charge is 0.178 e. The van der Waals surface area contributed by atoms with Gasteiger partial charge in [0, 0.05) is 48.9 Å². The Morgan fingerprint density at radius 2 is 1.91 bits per heavy atom. The second-order valence-electron chi connectivity index (χ2n) is 5.22. The van der Waals surface area contributed by atoms with Crippen molar-refractivity contribution in [3.63, 3.8) is 0 Å². The first-order valence-electron chi connectivity index (χ1n) is 7.41. The summed E-state index contributed by atoms with van der Waals surface area (Å²) in [6.07, 6.45) is 5.82. The summed E-state index contributed by atoms with van der Waals surface area (Å²) in [7, 11) is 0. The molecule has 6 heteroatoms. The van der Waals surface area contributed by atoms with E-state index in [0.29, 0.717) is 18.8 Å². The molecule has 0 aliphatic rings. The zero-order valence-electron chi connectivity index (χ0n) is 12.6. The van der Waals surface area contributed by atoms with Crippen LogP contribution in [0.1, 0.15) is 5.69 Å². The van der Waals surface area contributed by atoms with Crippen LogP contribution in [0.2, 0.25) is 0 Å². The molecular formula is C17H18N6. The number of pyridine rings is 2. The lowest BCUT2D eigenvalue weighted by Gasteiger charge is -2.11. The van der Waals surface area contributed by atoms with E-state index in [4.69, 9.17) is 11.5 Å². The van der Waals surface area contributed by atoms with Crippen molar-refractivity contribution in [2.45, 2.75) is 12.5 Å². The number of hydrogen-bond acceptors (Lipinski definition) is 6. The predicted molar refractivity (Wildman–Crippen MR) is 89.2 cm³/mol. The third-order valence-corrected chi connectivity index (χ3v) is 3.40. The van der Waals surface area contributed by atoms with Crippen molar-refractivity contribution < 1.29 is 0 Å². The van der Waals surface area contributed by atoms with Gasteiger partial charge in [0.25, 0.3) is 0 Å². The lowest BCUT2D eigenvalue weighted by Crippen LogP contribution is -2.32. The summed E-state index contributed by atoms with van der Waals surface area (Å²) in [4.78, 5) is 17.7. The minimum Gasteiger partial charge on any atom is -0.329 e. The highest BCUT2D eigenvalue weighted by Crippen LogP contribution is 2.21. The molecule has 23 heavy (non-hydrogen) atoms. The summed E-state index contributed by atoms with van der Waals surface area (Å²) in [6.45, 7) is 0.408. The third-order valence-electron chi connectivity index (χ3n) is 3.40. The summed E-state index contributed by atoms with van der Waals surface area (Å²) < 4.78 is 0. The molecule has 3 rings (SSSR count). The molecular weight excluding hydrogens is 288 g/mol. The van der Waals surface area contributed by atoms with Crippen molar-refractivity contribution in [3.8, 4) is 22.8 Å². The fraction of sp³-hybridized carbons (Fsp3) is 0.176. The average Bonchev–Trinajstić information content (AvgIpc) is 2.63. The van der Waals surface area contributed by atoms with Crippen LogP contribution < -0.4 is 11.5 Å². The van der Waals surface area contributed by atoms with E-state index in [1.165, 1.54) is 0 Å². The van der Waals surface area contributed by atoms with Crippen molar-refractivity contribution in [1.82, 2.24) is 19.9 Å². The van der Waals surface area contributed by atoms with Crippen LogP contribution in [0.25, 0.3) is 22.8 Å². The predicted octanol–water partition coefficient (Wildman–Crippen LogP) is 1.43. The van der Waals surface area contributed by atoms with Gasteiger partial charge in [-0.15, -0.1) is 0 Å². The van der Waals surface area contributed by atoms with Gasteiger partial charge in [0.15, 0.2) is 5.82 Å². The van der Waals surface area contributed by atoms with Crippen LogP contribution in [0.5, 0.6) is 0 Å². The van der Waals surface area contributed by atoms with Gasteiger partial charge >= 0.3 is 0 Å². The second kappa shape index (κ2) is 7.04. The van der Waals surface area contributed by atoms with E-state index in [2.05, 4.69) is 19.9 Å². The van der Waals surface area contributed by atoms with Crippen LogP contribution in [0.4, 0.5) is 0 Å². The maximum Gasteiger partial charge on any atom is 0.178 e. The summed E-state index contributed by atoms with van der Waals surface area (Å²) >= 11 is 0. The normalized spacial score (nSPS) is 12.1. The van der Waals surface area contributed by atoms with Crippen molar-refractivity contribution >= 4 is 0 Å². The molecule has 3 heterocycles. The van der Waals surface area contributed by atoms with Gasteiger partial charge in [-0.2, -0.15) is 0 Å². The Labute approximate surface area is 134 Å². The van der Waals surface area contributed by atoms with E-state index in [0.717, 1.165) is 22.6 Å². The monoisotopic (exact) mass is 306 g/mol. The third kappa shape index (κ3) is 3.74. The number of nitrogens with zero attached hydrogens (tertiary/aromatic N) is 4. The van der Waals surface area contributed by atoms with Gasteiger partial charge in [-0.3, -0.25) is 9.97 Å².